The Kier molecular flexibility index (Phi) is 5.84. The van der Waals surface area contributed by atoms with Gasteiger partial charge in [-0.2, -0.15) is 0 Å². The van der Waals surface area contributed by atoms with Crippen LogP contribution in [0.1, 0.15) is 38.0 Å². The number of hydrogen-bond donors (Lipinski definition) is 4. The quantitative estimate of drug-likeness (QED) is 0.560. The van der Waals surface area contributed by atoms with E-state index in [4.69, 9.17) is 15.3 Å². The molecule has 1 aromatic heterocycles. The van der Waals surface area contributed by atoms with Crippen LogP contribution in [-0.2, 0) is 15.6 Å². The standard InChI is InChI=1S/C19H28N2O5Si/c1-19(2,3)27(4,5)26-15(10-20)12-6-7-14(22)17-13(12)8-11(9-16(23)24)18(25)21-17/h6-8,15,22H,9-10,20H2,1-5H3,(H,21,25)(H,23,24)/t15-/m0/s1. The van der Waals surface area contributed by atoms with Crippen molar-refractivity contribution in [1.29, 1.82) is 0 Å². The number of phenols is 1. The van der Waals surface area contributed by atoms with Crippen molar-refractivity contribution in [3.63, 3.8) is 0 Å². The lowest BCUT2D eigenvalue weighted by molar-refractivity contribution is -0.136. The Labute approximate surface area is 159 Å². The number of nitrogens with one attached hydrogen (secondary N) is 1. The van der Waals surface area contributed by atoms with E-state index in [0.29, 0.717) is 5.39 Å². The average molecular weight is 393 g/mol. The summed E-state index contributed by atoms with van der Waals surface area (Å²) in [5.41, 5.74) is 6.56. The summed E-state index contributed by atoms with van der Waals surface area (Å²) in [5.74, 6) is -1.19. The average Bonchev–Trinajstić information content (AvgIpc) is 2.53. The number of pyridine rings is 1. The first kappa shape index (κ1) is 21.1. The number of nitrogens with two attached hydrogens (primary N) is 1. The third-order valence-corrected chi connectivity index (χ3v) is 9.74. The molecule has 0 amide bonds. The molecule has 27 heavy (non-hydrogen) atoms. The van der Waals surface area contributed by atoms with Crippen molar-refractivity contribution >= 4 is 25.2 Å². The van der Waals surface area contributed by atoms with Crippen LogP contribution in [0, 0.1) is 0 Å². The number of aromatic amines is 1. The lowest BCUT2D eigenvalue weighted by Gasteiger charge is -2.39. The molecule has 0 spiro atoms. The van der Waals surface area contributed by atoms with Gasteiger partial charge in [0.05, 0.1) is 18.0 Å². The molecule has 0 saturated heterocycles. The Balaban J connectivity index is 2.64. The molecule has 1 atom stereocenters. The van der Waals surface area contributed by atoms with Crippen molar-refractivity contribution in [3.05, 3.63) is 39.7 Å². The minimum Gasteiger partial charge on any atom is -0.506 e. The summed E-state index contributed by atoms with van der Waals surface area (Å²) in [6, 6.07) is 4.71. The van der Waals surface area contributed by atoms with Crippen molar-refractivity contribution in [2.75, 3.05) is 6.54 Å². The number of benzene rings is 1. The van der Waals surface area contributed by atoms with Crippen molar-refractivity contribution < 1.29 is 19.4 Å². The van der Waals surface area contributed by atoms with Crippen LogP contribution in [0.3, 0.4) is 0 Å². The number of aromatic nitrogens is 1. The highest BCUT2D eigenvalue weighted by atomic mass is 28.4. The molecule has 0 unspecified atom stereocenters. The fraction of sp³-hybridized carbons (Fsp3) is 0.474. The normalized spacial score (nSPS) is 13.7. The first-order valence-corrected chi connectivity index (χ1v) is 11.8. The van der Waals surface area contributed by atoms with Crippen LogP contribution < -0.4 is 11.3 Å². The number of hydrogen-bond acceptors (Lipinski definition) is 5. The summed E-state index contributed by atoms with van der Waals surface area (Å²) in [5, 5.41) is 19.7. The SMILES string of the molecule is CC(C)(C)[Si](C)(C)O[C@@H](CN)c1ccc(O)c2[nH]c(=O)c(CC(=O)O)cc12. The largest absolute Gasteiger partial charge is 0.506 e. The minimum absolute atomic E-state index is 0.0179. The summed E-state index contributed by atoms with van der Waals surface area (Å²) >= 11 is 0. The Morgan fingerprint density at radius 1 is 1.33 bits per heavy atom. The molecule has 0 aliphatic heterocycles. The van der Waals surface area contributed by atoms with Crippen molar-refractivity contribution in [3.8, 4) is 5.75 Å². The monoisotopic (exact) mass is 392 g/mol. The zero-order valence-electron chi connectivity index (χ0n) is 16.4. The maximum atomic E-state index is 12.2. The van der Waals surface area contributed by atoms with Crippen molar-refractivity contribution in [1.82, 2.24) is 4.98 Å². The van der Waals surface area contributed by atoms with Crippen LogP contribution in [0.25, 0.3) is 10.9 Å². The van der Waals surface area contributed by atoms with Gasteiger partial charge in [0, 0.05) is 17.5 Å². The first-order valence-electron chi connectivity index (χ1n) is 8.85. The molecule has 148 valence electrons. The van der Waals surface area contributed by atoms with Crippen LogP contribution in [0.15, 0.2) is 23.0 Å². The predicted molar refractivity (Wildman–Crippen MR) is 108 cm³/mol. The number of H-pyrrole nitrogens is 1. The zero-order valence-corrected chi connectivity index (χ0v) is 17.4. The van der Waals surface area contributed by atoms with Crippen LogP contribution in [-0.4, -0.2) is 36.0 Å². The molecule has 2 aromatic rings. The van der Waals surface area contributed by atoms with Gasteiger partial charge in [0.15, 0.2) is 8.32 Å². The number of rotatable bonds is 6. The van der Waals surface area contributed by atoms with E-state index >= 15 is 0 Å². The van der Waals surface area contributed by atoms with E-state index < -0.39 is 32.4 Å². The number of carboxylic acid groups (broad SMARTS) is 1. The number of phenolic OH excluding ortho intramolecular Hbond substituents is 1. The molecule has 0 aliphatic carbocycles. The van der Waals surface area contributed by atoms with Gasteiger partial charge < -0.3 is 25.4 Å². The van der Waals surface area contributed by atoms with Crippen LogP contribution >= 0.6 is 0 Å². The van der Waals surface area contributed by atoms with Gasteiger partial charge in [0.2, 0.25) is 0 Å². The predicted octanol–water partition coefficient (Wildman–Crippen LogP) is 2.88. The van der Waals surface area contributed by atoms with Crippen molar-refractivity contribution in [2.45, 2.75) is 51.4 Å². The second-order valence-corrected chi connectivity index (χ2v) is 13.0. The third-order valence-electron chi connectivity index (χ3n) is 5.25. The van der Waals surface area contributed by atoms with Gasteiger partial charge in [0.25, 0.3) is 5.56 Å². The molecule has 8 heteroatoms. The van der Waals surface area contributed by atoms with Crippen molar-refractivity contribution in [2.24, 2.45) is 5.73 Å². The summed E-state index contributed by atoms with van der Waals surface area (Å²) in [7, 11) is -2.13. The van der Waals surface area contributed by atoms with Crippen LogP contribution in [0.5, 0.6) is 5.75 Å². The smallest absolute Gasteiger partial charge is 0.308 e. The van der Waals surface area contributed by atoms with E-state index in [-0.39, 0.29) is 28.4 Å². The topological polar surface area (TPSA) is 126 Å². The van der Waals surface area contributed by atoms with Gasteiger partial charge >= 0.3 is 5.97 Å². The highest BCUT2D eigenvalue weighted by Crippen LogP contribution is 2.41. The highest BCUT2D eigenvalue weighted by Gasteiger charge is 2.39. The van der Waals surface area contributed by atoms with Crippen LogP contribution in [0.2, 0.25) is 18.1 Å². The first-order chi connectivity index (χ1) is 12.4. The van der Waals surface area contributed by atoms with Gasteiger partial charge in [-0.3, -0.25) is 9.59 Å². The number of aliphatic carboxylic acids is 1. The highest BCUT2D eigenvalue weighted by molar-refractivity contribution is 6.74. The molecular weight excluding hydrogens is 364 g/mol. The second-order valence-electron chi connectivity index (χ2n) is 8.26. The van der Waals surface area contributed by atoms with Gasteiger partial charge in [-0.25, -0.2) is 0 Å². The molecular formula is C19H28N2O5Si. The van der Waals surface area contributed by atoms with Gasteiger partial charge in [0.1, 0.15) is 5.75 Å². The second kappa shape index (κ2) is 7.45. The number of carboxylic acids is 1. The van der Waals surface area contributed by atoms with E-state index in [0.717, 1.165) is 5.56 Å². The minimum atomic E-state index is -2.13. The molecule has 0 bridgehead atoms. The Morgan fingerprint density at radius 2 is 1.96 bits per heavy atom. The maximum Gasteiger partial charge on any atom is 0.308 e. The summed E-state index contributed by atoms with van der Waals surface area (Å²) in [4.78, 5) is 25.8. The Hall–Kier alpha value is -2.16. The Morgan fingerprint density at radius 3 is 2.48 bits per heavy atom. The summed E-state index contributed by atoms with van der Waals surface area (Å²) < 4.78 is 6.46. The summed E-state index contributed by atoms with van der Waals surface area (Å²) in [6.45, 7) is 10.9. The molecule has 7 nitrogen and oxygen atoms in total. The van der Waals surface area contributed by atoms with Crippen LogP contribution in [0.4, 0.5) is 0 Å². The van der Waals surface area contributed by atoms with Gasteiger partial charge in [-0.15, -0.1) is 0 Å². The molecule has 5 N–H and O–H groups in total. The number of carbonyl (C=O) groups is 1. The fourth-order valence-corrected chi connectivity index (χ4v) is 3.98. The molecule has 1 heterocycles. The fourth-order valence-electron chi connectivity index (χ4n) is 2.69. The van der Waals surface area contributed by atoms with Gasteiger partial charge in [-0.1, -0.05) is 26.8 Å². The zero-order chi connectivity index (χ0) is 20.6. The molecule has 1 aromatic carbocycles. The van der Waals surface area contributed by atoms with E-state index in [1.54, 1.807) is 6.07 Å². The molecule has 0 saturated carbocycles. The lowest BCUT2D eigenvalue weighted by atomic mass is 10.0. The van der Waals surface area contributed by atoms with E-state index in [2.05, 4.69) is 38.8 Å². The Bertz CT molecular complexity index is 915. The molecule has 0 radical (unpaired) electrons. The molecule has 2 rings (SSSR count). The van der Waals surface area contributed by atoms with E-state index in [1.165, 1.54) is 12.1 Å². The van der Waals surface area contributed by atoms with Gasteiger partial charge in [-0.05, 0) is 35.8 Å². The lowest BCUT2D eigenvalue weighted by Crippen LogP contribution is -2.43. The maximum absolute atomic E-state index is 12.2. The number of aromatic hydroxyl groups is 1. The molecule has 0 aliphatic rings. The number of fused-ring (bicyclic) bond motifs is 1. The molecule has 0 fully saturated rings. The van der Waals surface area contributed by atoms with E-state index in [1.807, 2.05) is 0 Å². The summed E-state index contributed by atoms with van der Waals surface area (Å²) in [6.07, 6.45) is -0.839. The third kappa shape index (κ3) is 4.40. The van der Waals surface area contributed by atoms with E-state index in [9.17, 15) is 14.7 Å².